The molecule has 3 aromatic carbocycles. The molecule has 0 unspecified atom stereocenters. The van der Waals surface area contributed by atoms with Gasteiger partial charge in [-0.05, 0) is 61.7 Å². The number of carbonyl (C=O) groups is 1. The first-order valence-electron chi connectivity index (χ1n) is 8.69. The fourth-order valence-corrected chi connectivity index (χ4v) is 3.01. The summed E-state index contributed by atoms with van der Waals surface area (Å²) in [7, 11) is 0. The third kappa shape index (κ3) is 4.31. The van der Waals surface area contributed by atoms with Gasteiger partial charge in [0.1, 0.15) is 12.4 Å². The summed E-state index contributed by atoms with van der Waals surface area (Å²) in [4.78, 5) is 12.5. The maximum absolute atomic E-state index is 12.5. The molecular formula is C23H23NO2. The summed E-state index contributed by atoms with van der Waals surface area (Å²) in [6.07, 6.45) is 0. The van der Waals surface area contributed by atoms with Crippen LogP contribution in [-0.4, -0.2) is 5.91 Å². The lowest BCUT2D eigenvalue weighted by Gasteiger charge is -2.13. The molecule has 0 heterocycles. The second kappa shape index (κ2) is 7.87. The van der Waals surface area contributed by atoms with E-state index in [4.69, 9.17) is 4.74 Å². The molecule has 1 N–H and O–H groups in total. The van der Waals surface area contributed by atoms with E-state index in [1.54, 1.807) is 12.1 Å². The molecule has 0 aromatic heterocycles. The summed E-state index contributed by atoms with van der Waals surface area (Å²) in [6, 6.07) is 21.4. The predicted molar refractivity (Wildman–Crippen MR) is 106 cm³/mol. The molecule has 0 saturated heterocycles. The molecule has 0 saturated carbocycles. The maximum atomic E-state index is 12.5. The molecule has 0 atom stereocenters. The quantitative estimate of drug-likeness (QED) is 0.668. The van der Waals surface area contributed by atoms with Crippen molar-refractivity contribution in [2.24, 2.45) is 0 Å². The molecule has 3 nitrogen and oxygen atoms in total. The van der Waals surface area contributed by atoms with E-state index in [1.807, 2.05) is 56.3 Å². The lowest BCUT2D eigenvalue weighted by Crippen LogP contribution is -2.13. The van der Waals surface area contributed by atoms with Gasteiger partial charge in [-0.2, -0.15) is 0 Å². The van der Waals surface area contributed by atoms with Crippen LogP contribution in [0.3, 0.4) is 0 Å². The molecule has 0 fully saturated rings. The van der Waals surface area contributed by atoms with Gasteiger partial charge in [0.2, 0.25) is 0 Å². The number of aryl methyl sites for hydroxylation is 3. The Balaban J connectivity index is 1.66. The zero-order chi connectivity index (χ0) is 18.5. The van der Waals surface area contributed by atoms with Crippen LogP contribution in [0.1, 0.15) is 32.6 Å². The Hall–Kier alpha value is -3.07. The number of carbonyl (C=O) groups excluding carboxylic acids is 1. The fraction of sp³-hybridized carbons (Fsp3) is 0.174. The van der Waals surface area contributed by atoms with Crippen LogP contribution in [0.15, 0.2) is 66.7 Å². The van der Waals surface area contributed by atoms with E-state index in [0.29, 0.717) is 12.2 Å². The van der Waals surface area contributed by atoms with Crippen molar-refractivity contribution in [3.8, 4) is 5.75 Å². The zero-order valence-corrected chi connectivity index (χ0v) is 15.4. The van der Waals surface area contributed by atoms with Crippen LogP contribution in [0.2, 0.25) is 0 Å². The number of benzene rings is 3. The number of amides is 1. The third-order valence-electron chi connectivity index (χ3n) is 4.28. The minimum absolute atomic E-state index is 0.116. The van der Waals surface area contributed by atoms with Gasteiger partial charge >= 0.3 is 0 Å². The van der Waals surface area contributed by atoms with E-state index >= 15 is 0 Å². The Morgan fingerprint density at radius 2 is 1.50 bits per heavy atom. The molecule has 132 valence electrons. The Morgan fingerprint density at radius 1 is 0.885 bits per heavy atom. The Kier molecular flexibility index (Phi) is 5.37. The largest absolute Gasteiger partial charge is 0.489 e. The molecule has 1 amide bonds. The second-order valence-corrected chi connectivity index (χ2v) is 6.53. The van der Waals surface area contributed by atoms with Crippen molar-refractivity contribution < 1.29 is 9.53 Å². The van der Waals surface area contributed by atoms with E-state index in [1.165, 1.54) is 5.56 Å². The molecular weight excluding hydrogens is 322 g/mol. The highest BCUT2D eigenvalue weighted by Gasteiger charge is 2.10. The second-order valence-electron chi connectivity index (χ2n) is 6.53. The third-order valence-corrected chi connectivity index (χ3v) is 4.28. The summed E-state index contributed by atoms with van der Waals surface area (Å²) in [5, 5.41) is 3.02. The number of anilines is 1. The van der Waals surface area contributed by atoms with Crippen molar-refractivity contribution in [2.45, 2.75) is 27.4 Å². The highest BCUT2D eigenvalue weighted by molar-refractivity contribution is 6.05. The van der Waals surface area contributed by atoms with Gasteiger partial charge in [-0.1, -0.05) is 48.0 Å². The van der Waals surface area contributed by atoms with Crippen LogP contribution in [-0.2, 0) is 6.61 Å². The minimum Gasteiger partial charge on any atom is -0.489 e. The van der Waals surface area contributed by atoms with Crippen molar-refractivity contribution in [3.63, 3.8) is 0 Å². The zero-order valence-electron chi connectivity index (χ0n) is 15.4. The van der Waals surface area contributed by atoms with Gasteiger partial charge in [0, 0.05) is 11.3 Å². The van der Waals surface area contributed by atoms with Gasteiger partial charge in [-0.15, -0.1) is 0 Å². The van der Waals surface area contributed by atoms with E-state index in [9.17, 15) is 4.79 Å². The van der Waals surface area contributed by atoms with E-state index in [2.05, 4.69) is 24.4 Å². The van der Waals surface area contributed by atoms with Crippen LogP contribution in [0.4, 0.5) is 5.69 Å². The van der Waals surface area contributed by atoms with Crippen molar-refractivity contribution in [1.82, 2.24) is 0 Å². The van der Waals surface area contributed by atoms with Crippen LogP contribution >= 0.6 is 0 Å². The summed E-state index contributed by atoms with van der Waals surface area (Å²) in [5.74, 6) is 0.628. The maximum Gasteiger partial charge on any atom is 0.255 e. The Bertz CT molecular complexity index is 876. The van der Waals surface area contributed by atoms with Crippen LogP contribution in [0, 0.1) is 20.8 Å². The molecule has 3 rings (SSSR count). The molecule has 26 heavy (non-hydrogen) atoms. The van der Waals surface area contributed by atoms with Crippen LogP contribution < -0.4 is 10.1 Å². The normalized spacial score (nSPS) is 10.4. The number of ether oxygens (including phenoxy) is 1. The molecule has 0 aliphatic rings. The highest BCUT2D eigenvalue weighted by atomic mass is 16.5. The lowest BCUT2D eigenvalue weighted by atomic mass is 10.0. The summed E-state index contributed by atoms with van der Waals surface area (Å²) < 4.78 is 5.76. The Labute approximate surface area is 154 Å². The molecule has 0 radical (unpaired) electrons. The van der Waals surface area contributed by atoms with Gasteiger partial charge in [-0.25, -0.2) is 0 Å². The van der Waals surface area contributed by atoms with Crippen molar-refractivity contribution in [3.05, 3.63) is 94.5 Å². The average molecular weight is 345 g/mol. The van der Waals surface area contributed by atoms with Crippen LogP contribution in [0.25, 0.3) is 0 Å². The first-order chi connectivity index (χ1) is 12.5. The fourth-order valence-electron chi connectivity index (χ4n) is 3.01. The smallest absolute Gasteiger partial charge is 0.255 e. The lowest BCUT2D eigenvalue weighted by molar-refractivity contribution is 0.102. The topological polar surface area (TPSA) is 38.3 Å². The molecule has 0 bridgehead atoms. The van der Waals surface area contributed by atoms with Gasteiger partial charge in [-0.3, -0.25) is 4.79 Å². The molecule has 0 spiro atoms. The van der Waals surface area contributed by atoms with Crippen molar-refractivity contribution in [2.75, 3.05) is 5.32 Å². The van der Waals surface area contributed by atoms with E-state index < -0.39 is 0 Å². The first-order valence-corrected chi connectivity index (χ1v) is 8.69. The van der Waals surface area contributed by atoms with Crippen molar-refractivity contribution >= 4 is 11.6 Å². The number of nitrogens with one attached hydrogen (secondary N) is 1. The molecule has 3 heteroatoms. The van der Waals surface area contributed by atoms with Gasteiger partial charge in [0.05, 0.1) is 0 Å². The Morgan fingerprint density at radius 3 is 2.12 bits per heavy atom. The van der Waals surface area contributed by atoms with Crippen LogP contribution in [0.5, 0.6) is 5.75 Å². The highest BCUT2D eigenvalue weighted by Crippen LogP contribution is 2.23. The van der Waals surface area contributed by atoms with Gasteiger partial charge in [0.15, 0.2) is 0 Å². The number of hydrogen-bond acceptors (Lipinski definition) is 2. The standard InChI is InChI=1S/C23H23NO2/c1-16-13-17(2)22(18(3)14-16)24-23(25)20-9-11-21(12-10-20)26-15-19-7-5-4-6-8-19/h4-14H,15H2,1-3H3,(H,24,25). The molecule has 0 aliphatic heterocycles. The first kappa shape index (κ1) is 17.7. The van der Waals surface area contributed by atoms with Gasteiger partial charge < -0.3 is 10.1 Å². The summed E-state index contributed by atoms with van der Waals surface area (Å²) >= 11 is 0. The summed E-state index contributed by atoms with van der Waals surface area (Å²) in [5.41, 5.74) is 5.93. The minimum atomic E-state index is -0.116. The summed E-state index contributed by atoms with van der Waals surface area (Å²) in [6.45, 7) is 6.58. The van der Waals surface area contributed by atoms with E-state index in [0.717, 1.165) is 28.1 Å². The van der Waals surface area contributed by atoms with Gasteiger partial charge in [0.25, 0.3) is 5.91 Å². The molecule has 0 aliphatic carbocycles. The predicted octanol–water partition coefficient (Wildman–Crippen LogP) is 5.44. The monoisotopic (exact) mass is 345 g/mol. The molecule has 3 aromatic rings. The SMILES string of the molecule is Cc1cc(C)c(NC(=O)c2ccc(OCc3ccccc3)cc2)c(C)c1. The van der Waals surface area contributed by atoms with E-state index in [-0.39, 0.29) is 5.91 Å². The average Bonchev–Trinajstić information content (AvgIpc) is 2.64. The number of rotatable bonds is 5. The number of hydrogen-bond donors (Lipinski definition) is 1. The van der Waals surface area contributed by atoms with Crippen molar-refractivity contribution in [1.29, 1.82) is 0 Å².